The van der Waals surface area contributed by atoms with Gasteiger partial charge in [0.15, 0.2) is 0 Å². The quantitative estimate of drug-likeness (QED) is 0.484. The minimum absolute atomic E-state index is 0.0654. The molecule has 0 radical (unpaired) electrons. The lowest BCUT2D eigenvalue weighted by Gasteiger charge is -1.88. The Morgan fingerprint density at radius 3 is 2.67 bits per heavy atom. The number of ketones is 1. The molecule has 2 aromatic rings. The molecule has 0 saturated heterocycles. The first-order chi connectivity index (χ1) is 7.08. The minimum atomic E-state index is -1.07. The molecule has 0 spiro atoms. The van der Waals surface area contributed by atoms with Crippen molar-refractivity contribution in [2.45, 2.75) is 0 Å². The van der Waals surface area contributed by atoms with Crippen LogP contribution in [0.1, 0.15) is 10.5 Å². The average Bonchev–Trinajstić information content (AvgIpc) is 2.58. The van der Waals surface area contributed by atoms with Crippen LogP contribution in [0.2, 0.25) is 0 Å². The normalized spacial score (nSPS) is 10.5. The Bertz CT molecular complexity index is 562. The molecular formula is C10H5ClFNO2. The SMILES string of the molecule is O=C(Cl)C(=O)c1cc2ccc(F)cc2[nH]1. The van der Waals surface area contributed by atoms with E-state index < -0.39 is 16.8 Å². The van der Waals surface area contributed by atoms with Gasteiger partial charge < -0.3 is 4.98 Å². The molecule has 1 heterocycles. The van der Waals surface area contributed by atoms with Gasteiger partial charge in [0.05, 0.1) is 5.69 Å². The fourth-order valence-corrected chi connectivity index (χ4v) is 1.43. The summed E-state index contributed by atoms with van der Waals surface area (Å²) in [7, 11) is 0. The first kappa shape index (κ1) is 9.86. The molecule has 0 unspecified atom stereocenters. The number of H-pyrrole nitrogens is 1. The van der Waals surface area contributed by atoms with Crippen molar-refractivity contribution in [3.63, 3.8) is 0 Å². The van der Waals surface area contributed by atoms with E-state index in [1.807, 2.05) is 0 Å². The molecule has 0 amide bonds. The van der Waals surface area contributed by atoms with Crippen LogP contribution in [0.5, 0.6) is 0 Å². The molecule has 1 aromatic carbocycles. The number of Topliss-reactive ketones (excluding diaryl/α,β-unsaturated/α-hetero) is 1. The Morgan fingerprint density at radius 1 is 1.27 bits per heavy atom. The topological polar surface area (TPSA) is 49.9 Å². The van der Waals surface area contributed by atoms with Crippen molar-refractivity contribution in [1.82, 2.24) is 4.98 Å². The van der Waals surface area contributed by atoms with Gasteiger partial charge in [0.1, 0.15) is 5.82 Å². The fraction of sp³-hybridized carbons (Fsp3) is 0. The number of benzene rings is 1. The van der Waals surface area contributed by atoms with Gasteiger partial charge >= 0.3 is 0 Å². The summed E-state index contributed by atoms with van der Waals surface area (Å²) in [6.07, 6.45) is 0. The number of carbonyl (C=O) groups is 2. The van der Waals surface area contributed by atoms with Crippen LogP contribution in [0.15, 0.2) is 24.3 Å². The van der Waals surface area contributed by atoms with E-state index in [1.54, 1.807) is 0 Å². The summed E-state index contributed by atoms with van der Waals surface area (Å²) < 4.78 is 12.8. The molecule has 3 nitrogen and oxygen atoms in total. The molecule has 0 saturated carbocycles. The fourth-order valence-electron chi connectivity index (χ4n) is 1.33. The molecular weight excluding hydrogens is 221 g/mol. The third kappa shape index (κ3) is 1.76. The van der Waals surface area contributed by atoms with Gasteiger partial charge in [-0.05, 0) is 35.9 Å². The summed E-state index contributed by atoms with van der Waals surface area (Å²) in [5.74, 6) is -1.24. The Labute approximate surface area is 88.8 Å². The maximum Gasteiger partial charge on any atom is 0.294 e. The van der Waals surface area contributed by atoms with Gasteiger partial charge in [-0.15, -0.1) is 0 Å². The Balaban J connectivity index is 2.56. The van der Waals surface area contributed by atoms with E-state index >= 15 is 0 Å². The summed E-state index contributed by atoms with van der Waals surface area (Å²) in [6, 6.07) is 5.48. The zero-order chi connectivity index (χ0) is 11.0. The van der Waals surface area contributed by atoms with Crippen LogP contribution in [0.25, 0.3) is 10.9 Å². The number of fused-ring (bicyclic) bond motifs is 1. The Hall–Kier alpha value is -1.68. The third-order valence-electron chi connectivity index (χ3n) is 2.01. The van der Waals surface area contributed by atoms with Crippen LogP contribution in [0.4, 0.5) is 4.39 Å². The molecule has 0 bridgehead atoms. The molecule has 0 atom stereocenters. The second kappa shape index (κ2) is 3.47. The number of carbonyl (C=O) groups excluding carboxylic acids is 2. The summed E-state index contributed by atoms with van der Waals surface area (Å²) in [4.78, 5) is 24.4. The monoisotopic (exact) mass is 225 g/mol. The molecule has 76 valence electrons. The van der Waals surface area contributed by atoms with Crippen molar-refractivity contribution in [3.05, 3.63) is 35.8 Å². The highest BCUT2D eigenvalue weighted by Gasteiger charge is 2.15. The van der Waals surface area contributed by atoms with Gasteiger partial charge in [-0.2, -0.15) is 0 Å². The van der Waals surface area contributed by atoms with Crippen LogP contribution in [0.3, 0.4) is 0 Å². The van der Waals surface area contributed by atoms with Crippen molar-refractivity contribution < 1.29 is 14.0 Å². The van der Waals surface area contributed by atoms with E-state index in [4.69, 9.17) is 11.6 Å². The van der Waals surface area contributed by atoms with Crippen LogP contribution in [-0.4, -0.2) is 16.0 Å². The van der Waals surface area contributed by atoms with Gasteiger partial charge in [0, 0.05) is 10.9 Å². The second-order valence-corrected chi connectivity index (χ2v) is 3.36. The van der Waals surface area contributed by atoms with Crippen molar-refractivity contribution in [2.24, 2.45) is 0 Å². The van der Waals surface area contributed by atoms with Gasteiger partial charge in [-0.1, -0.05) is 0 Å². The Morgan fingerprint density at radius 2 is 2.00 bits per heavy atom. The van der Waals surface area contributed by atoms with Crippen LogP contribution < -0.4 is 0 Å². The van der Waals surface area contributed by atoms with Crippen LogP contribution in [-0.2, 0) is 4.79 Å². The van der Waals surface area contributed by atoms with E-state index in [2.05, 4.69) is 4.98 Å². The molecule has 0 aliphatic carbocycles. The highest BCUT2D eigenvalue weighted by molar-refractivity contribution is 6.83. The number of nitrogens with one attached hydrogen (secondary N) is 1. The van der Waals surface area contributed by atoms with Crippen molar-refractivity contribution in [1.29, 1.82) is 0 Å². The zero-order valence-electron chi connectivity index (χ0n) is 7.38. The molecule has 0 aliphatic heterocycles. The predicted octanol–water partition coefficient (Wildman–Crippen LogP) is 2.26. The number of rotatable bonds is 2. The first-order valence-corrected chi connectivity index (χ1v) is 4.48. The standard InChI is InChI=1S/C10H5ClFNO2/c11-10(15)9(14)8-3-5-1-2-6(12)4-7(5)13-8/h1-4,13H. The smallest absolute Gasteiger partial charge is 0.294 e. The number of aromatic amines is 1. The summed E-state index contributed by atoms with van der Waals surface area (Å²) >= 11 is 5.04. The predicted molar refractivity (Wildman–Crippen MR) is 53.4 cm³/mol. The molecule has 1 aromatic heterocycles. The lowest BCUT2D eigenvalue weighted by molar-refractivity contribution is -0.108. The van der Waals surface area contributed by atoms with Crippen molar-refractivity contribution in [2.75, 3.05) is 0 Å². The maximum absolute atomic E-state index is 12.8. The summed E-state index contributed by atoms with van der Waals surface area (Å²) in [6.45, 7) is 0. The largest absolute Gasteiger partial charge is 0.352 e. The van der Waals surface area contributed by atoms with E-state index in [9.17, 15) is 14.0 Å². The highest BCUT2D eigenvalue weighted by atomic mass is 35.5. The third-order valence-corrected chi connectivity index (χ3v) is 2.18. The molecule has 0 aliphatic rings. The van der Waals surface area contributed by atoms with Gasteiger partial charge in [0.25, 0.3) is 11.0 Å². The summed E-state index contributed by atoms with van der Waals surface area (Å²) in [5, 5.41) is -0.417. The molecule has 2 rings (SSSR count). The number of aromatic nitrogens is 1. The van der Waals surface area contributed by atoms with Crippen molar-refractivity contribution in [3.8, 4) is 0 Å². The summed E-state index contributed by atoms with van der Waals surface area (Å²) in [5.41, 5.74) is 0.520. The van der Waals surface area contributed by atoms with Gasteiger partial charge in [0.2, 0.25) is 0 Å². The molecule has 15 heavy (non-hydrogen) atoms. The van der Waals surface area contributed by atoms with E-state index in [0.29, 0.717) is 10.9 Å². The average molecular weight is 226 g/mol. The van der Waals surface area contributed by atoms with E-state index in [1.165, 1.54) is 24.3 Å². The number of hydrogen-bond acceptors (Lipinski definition) is 2. The van der Waals surface area contributed by atoms with Crippen LogP contribution in [0, 0.1) is 5.82 Å². The van der Waals surface area contributed by atoms with E-state index in [0.717, 1.165) is 0 Å². The number of hydrogen-bond donors (Lipinski definition) is 1. The zero-order valence-corrected chi connectivity index (χ0v) is 8.14. The second-order valence-electron chi connectivity index (χ2n) is 3.02. The highest BCUT2D eigenvalue weighted by Crippen LogP contribution is 2.17. The van der Waals surface area contributed by atoms with E-state index in [-0.39, 0.29) is 5.69 Å². The van der Waals surface area contributed by atoms with Crippen LogP contribution >= 0.6 is 11.6 Å². The number of halogens is 2. The van der Waals surface area contributed by atoms with Gasteiger partial charge in [-0.3, -0.25) is 9.59 Å². The molecule has 5 heteroatoms. The van der Waals surface area contributed by atoms with Gasteiger partial charge in [-0.25, -0.2) is 4.39 Å². The lowest BCUT2D eigenvalue weighted by Crippen LogP contribution is -2.07. The molecule has 1 N–H and O–H groups in total. The first-order valence-electron chi connectivity index (χ1n) is 4.10. The minimum Gasteiger partial charge on any atom is -0.352 e. The lowest BCUT2D eigenvalue weighted by atomic mass is 10.2. The molecule has 0 fully saturated rings. The Kier molecular flexibility index (Phi) is 2.28. The van der Waals surface area contributed by atoms with Crippen molar-refractivity contribution >= 4 is 33.5 Å². The maximum atomic E-state index is 12.8.